The number of para-hydroxylation sites is 1. The second-order valence-corrected chi connectivity index (χ2v) is 6.42. The molecule has 138 valence electrons. The molecule has 6 nitrogen and oxygen atoms in total. The lowest BCUT2D eigenvalue weighted by molar-refractivity contribution is -0.139. The molecule has 26 heavy (non-hydrogen) atoms. The number of pyridine rings is 1. The Morgan fingerprint density at radius 3 is 2.81 bits per heavy atom. The maximum atomic E-state index is 10.8. The van der Waals surface area contributed by atoms with E-state index in [4.69, 9.17) is 14.6 Å². The number of nitrogens with zero attached hydrogens (tertiary/aromatic N) is 2. The van der Waals surface area contributed by atoms with Crippen molar-refractivity contribution in [2.24, 2.45) is 0 Å². The highest BCUT2D eigenvalue weighted by Gasteiger charge is 2.21. The van der Waals surface area contributed by atoms with Crippen LogP contribution in [0.4, 0.5) is 0 Å². The normalized spacial score (nSPS) is 16.7. The average molecular weight is 356 g/mol. The van der Waals surface area contributed by atoms with E-state index in [2.05, 4.69) is 9.88 Å². The molecule has 1 unspecified atom stereocenters. The Kier molecular flexibility index (Phi) is 6.57. The van der Waals surface area contributed by atoms with Crippen LogP contribution in [0, 0.1) is 0 Å². The summed E-state index contributed by atoms with van der Waals surface area (Å²) in [4.78, 5) is 17.5. The molecule has 1 aliphatic rings. The molecule has 3 rings (SSSR count). The zero-order chi connectivity index (χ0) is 18.2. The quantitative estimate of drug-likeness (QED) is 0.745. The van der Waals surface area contributed by atoms with E-state index in [0.717, 1.165) is 37.3 Å². The molecular weight excluding hydrogens is 332 g/mol. The molecule has 0 radical (unpaired) electrons. The van der Waals surface area contributed by atoms with Gasteiger partial charge in [-0.2, -0.15) is 0 Å². The molecule has 1 N–H and O–H groups in total. The minimum absolute atomic E-state index is 0.228. The summed E-state index contributed by atoms with van der Waals surface area (Å²) in [5, 5.41) is 8.87. The van der Waals surface area contributed by atoms with E-state index >= 15 is 0 Å². The third kappa shape index (κ3) is 5.54. The molecule has 6 heteroatoms. The molecular formula is C20H24N2O4. The van der Waals surface area contributed by atoms with Crippen molar-refractivity contribution in [3.8, 4) is 5.75 Å². The highest BCUT2D eigenvalue weighted by Crippen LogP contribution is 2.22. The van der Waals surface area contributed by atoms with Gasteiger partial charge in [-0.15, -0.1) is 0 Å². The van der Waals surface area contributed by atoms with Crippen molar-refractivity contribution in [2.75, 3.05) is 19.8 Å². The number of aliphatic carboxylic acids is 1. The van der Waals surface area contributed by atoms with Gasteiger partial charge in [0, 0.05) is 38.0 Å². The molecule has 2 heterocycles. The molecule has 1 aromatic carbocycles. The number of benzene rings is 1. The van der Waals surface area contributed by atoms with Crippen molar-refractivity contribution in [2.45, 2.75) is 32.0 Å². The van der Waals surface area contributed by atoms with Crippen LogP contribution >= 0.6 is 0 Å². The fraction of sp³-hybridized carbons (Fsp3) is 0.400. The lowest BCUT2D eigenvalue weighted by Crippen LogP contribution is -2.32. The Labute approximate surface area is 153 Å². The van der Waals surface area contributed by atoms with Crippen LogP contribution in [0.3, 0.4) is 0 Å². The van der Waals surface area contributed by atoms with Gasteiger partial charge in [0.05, 0.1) is 11.8 Å². The van der Waals surface area contributed by atoms with Crippen LogP contribution < -0.4 is 4.74 Å². The third-order valence-electron chi connectivity index (χ3n) is 4.32. The summed E-state index contributed by atoms with van der Waals surface area (Å²) in [5.74, 6) is -0.377. The minimum Gasteiger partial charge on any atom is -0.482 e. The first-order valence-corrected chi connectivity index (χ1v) is 8.87. The summed E-state index contributed by atoms with van der Waals surface area (Å²) < 4.78 is 11.2. The monoisotopic (exact) mass is 356 g/mol. The average Bonchev–Trinajstić information content (AvgIpc) is 3.15. The van der Waals surface area contributed by atoms with Crippen LogP contribution in [0.1, 0.15) is 24.1 Å². The van der Waals surface area contributed by atoms with Gasteiger partial charge in [-0.25, -0.2) is 4.79 Å². The predicted octanol–water partition coefficient (Wildman–Crippen LogP) is 2.73. The maximum Gasteiger partial charge on any atom is 0.341 e. The summed E-state index contributed by atoms with van der Waals surface area (Å²) in [5.41, 5.74) is 1.96. The topological polar surface area (TPSA) is 71.9 Å². The molecule has 1 fully saturated rings. The predicted molar refractivity (Wildman–Crippen MR) is 96.9 cm³/mol. The van der Waals surface area contributed by atoms with E-state index in [1.165, 1.54) is 0 Å². The number of ether oxygens (including phenoxy) is 2. The van der Waals surface area contributed by atoms with E-state index in [1.54, 1.807) is 6.20 Å². The Morgan fingerprint density at radius 1 is 1.23 bits per heavy atom. The van der Waals surface area contributed by atoms with Gasteiger partial charge in [-0.05, 0) is 31.0 Å². The van der Waals surface area contributed by atoms with Crippen LogP contribution in [0.5, 0.6) is 5.75 Å². The molecule has 0 saturated carbocycles. The van der Waals surface area contributed by atoms with E-state index < -0.39 is 5.97 Å². The molecule has 1 atom stereocenters. The summed E-state index contributed by atoms with van der Waals surface area (Å²) >= 11 is 0. The van der Waals surface area contributed by atoms with E-state index in [9.17, 15) is 4.79 Å². The van der Waals surface area contributed by atoms with Crippen molar-refractivity contribution in [3.63, 3.8) is 0 Å². The van der Waals surface area contributed by atoms with Crippen molar-refractivity contribution in [1.29, 1.82) is 0 Å². The van der Waals surface area contributed by atoms with Gasteiger partial charge >= 0.3 is 5.97 Å². The first-order chi connectivity index (χ1) is 12.7. The number of carbonyl (C=O) groups is 1. The standard InChI is InChI=1S/C20H24N2O4/c23-20(24)15-26-19-9-2-1-6-16(19)12-22(14-18-8-5-11-25-18)13-17-7-3-4-10-21-17/h1-4,6-7,9-10,18H,5,8,11-15H2,(H,23,24). The Bertz CT molecular complexity index is 702. The molecule has 0 bridgehead atoms. The largest absolute Gasteiger partial charge is 0.482 e. The van der Waals surface area contributed by atoms with Gasteiger partial charge in [-0.3, -0.25) is 9.88 Å². The lowest BCUT2D eigenvalue weighted by Gasteiger charge is -2.25. The number of hydrogen-bond donors (Lipinski definition) is 1. The number of carboxylic acids is 1. The Hall–Kier alpha value is -2.44. The van der Waals surface area contributed by atoms with Gasteiger partial charge in [0.1, 0.15) is 5.75 Å². The summed E-state index contributed by atoms with van der Waals surface area (Å²) in [6.07, 6.45) is 4.19. The second kappa shape index (κ2) is 9.31. The zero-order valence-electron chi connectivity index (χ0n) is 14.7. The lowest BCUT2D eigenvalue weighted by atomic mass is 10.1. The Morgan fingerprint density at radius 2 is 2.08 bits per heavy atom. The van der Waals surface area contributed by atoms with Gasteiger partial charge in [0.15, 0.2) is 6.61 Å². The molecule has 1 aromatic heterocycles. The van der Waals surface area contributed by atoms with Crippen molar-refractivity contribution < 1.29 is 19.4 Å². The molecule has 1 aliphatic heterocycles. The minimum atomic E-state index is -0.982. The van der Waals surface area contributed by atoms with Crippen LogP contribution in [-0.2, 0) is 22.6 Å². The van der Waals surface area contributed by atoms with Crippen LogP contribution in [0.15, 0.2) is 48.7 Å². The number of carboxylic acid groups (broad SMARTS) is 1. The molecule has 0 amide bonds. The van der Waals surface area contributed by atoms with Gasteiger partial charge < -0.3 is 14.6 Å². The SMILES string of the molecule is O=C(O)COc1ccccc1CN(Cc1ccccn1)CC1CCCO1. The third-order valence-corrected chi connectivity index (χ3v) is 4.32. The van der Waals surface area contributed by atoms with Crippen LogP contribution in [0.2, 0.25) is 0 Å². The summed E-state index contributed by atoms with van der Waals surface area (Å²) in [6, 6.07) is 13.5. The number of aromatic nitrogens is 1. The number of rotatable bonds is 9. The highest BCUT2D eigenvalue weighted by molar-refractivity contribution is 5.68. The van der Waals surface area contributed by atoms with Crippen molar-refractivity contribution >= 4 is 5.97 Å². The smallest absolute Gasteiger partial charge is 0.341 e. The van der Waals surface area contributed by atoms with E-state index in [0.29, 0.717) is 18.8 Å². The van der Waals surface area contributed by atoms with Crippen molar-refractivity contribution in [3.05, 3.63) is 59.9 Å². The molecule has 0 spiro atoms. The molecule has 2 aromatic rings. The maximum absolute atomic E-state index is 10.8. The summed E-state index contributed by atoms with van der Waals surface area (Å²) in [6.45, 7) is 2.63. The first-order valence-electron chi connectivity index (χ1n) is 8.87. The Balaban J connectivity index is 1.73. The first kappa shape index (κ1) is 18.4. The fourth-order valence-corrected chi connectivity index (χ4v) is 3.14. The zero-order valence-corrected chi connectivity index (χ0v) is 14.7. The van der Waals surface area contributed by atoms with Gasteiger partial charge in [0.25, 0.3) is 0 Å². The van der Waals surface area contributed by atoms with Gasteiger partial charge in [0.2, 0.25) is 0 Å². The molecule has 0 aliphatic carbocycles. The van der Waals surface area contributed by atoms with Gasteiger partial charge in [-0.1, -0.05) is 24.3 Å². The van der Waals surface area contributed by atoms with Crippen molar-refractivity contribution in [1.82, 2.24) is 9.88 Å². The van der Waals surface area contributed by atoms with Crippen LogP contribution in [0.25, 0.3) is 0 Å². The summed E-state index contributed by atoms with van der Waals surface area (Å²) in [7, 11) is 0. The van der Waals surface area contributed by atoms with E-state index in [1.807, 2.05) is 42.5 Å². The molecule has 1 saturated heterocycles. The fourth-order valence-electron chi connectivity index (χ4n) is 3.14. The number of hydrogen-bond acceptors (Lipinski definition) is 5. The van der Waals surface area contributed by atoms with Crippen LogP contribution in [-0.4, -0.2) is 46.8 Å². The van der Waals surface area contributed by atoms with E-state index in [-0.39, 0.29) is 12.7 Å². The highest BCUT2D eigenvalue weighted by atomic mass is 16.5. The second-order valence-electron chi connectivity index (χ2n) is 6.42.